The number of nitrogens with one attached hydrogen (secondary N) is 1. The molecule has 2 aromatic carbocycles. The van der Waals surface area contributed by atoms with Gasteiger partial charge in [-0.05, 0) is 36.4 Å². The fourth-order valence-electron chi connectivity index (χ4n) is 2.98. The standard InChI is InChI=1S/C18H18Cl2N4O4S/c1-22-15-7-5-12(9-16(15)23(2)18(22)26)21-17(25)10-24(29(3,27)28)14-6-4-11(19)8-13(14)20/h4-9H,10H2,1-3H3,(H,21,25). The first kappa shape index (κ1) is 21.2. The maximum absolute atomic E-state index is 12.6. The first-order valence-corrected chi connectivity index (χ1v) is 11.0. The highest BCUT2D eigenvalue weighted by molar-refractivity contribution is 7.92. The summed E-state index contributed by atoms with van der Waals surface area (Å²) in [5, 5.41) is 3.11. The molecule has 1 heterocycles. The number of aryl methyl sites for hydroxylation is 2. The van der Waals surface area contributed by atoms with E-state index in [0.29, 0.717) is 21.7 Å². The number of benzene rings is 2. The molecular formula is C18H18Cl2N4O4S. The fraction of sp³-hybridized carbons (Fsp3) is 0.222. The third kappa shape index (κ3) is 4.26. The fourth-order valence-corrected chi connectivity index (χ4v) is 4.41. The molecular weight excluding hydrogens is 439 g/mol. The molecule has 0 aliphatic rings. The normalized spacial score (nSPS) is 11.6. The van der Waals surface area contributed by atoms with E-state index in [0.717, 1.165) is 10.6 Å². The zero-order valence-electron chi connectivity index (χ0n) is 15.8. The molecule has 0 bridgehead atoms. The van der Waals surface area contributed by atoms with E-state index in [1.165, 1.54) is 27.3 Å². The number of hydrogen-bond donors (Lipinski definition) is 1. The Labute approximate surface area is 177 Å². The third-order valence-electron chi connectivity index (χ3n) is 4.42. The van der Waals surface area contributed by atoms with Gasteiger partial charge in [-0.2, -0.15) is 0 Å². The summed E-state index contributed by atoms with van der Waals surface area (Å²) in [5.74, 6) is -0.568. The molecule has 8 nitrogen and oxygen atoms in total. The second-order valence-corrected chi connectivity index (χ2v) is 9.27. The van der Waals surface area contributed by atoms with Crippen LogP contribution in [-0.4, -0.2) is 36.3 Å². The van der Waals surface area contributed by atoms with Gasteiger partial charge < -0.3 is 5.32 Å². The van der Waals surface area contributed by atoms with Gasteiger partial charge in [-0.3, -0.25) is 18.2 Å². The van der Waals surface area contributed by atoms with Crippen LogP contribution >= 0.6 is 23.2 Å². The molecule has 1 amide bonds. The van der Waals surface area contributed by atoms with Crippen molar-refractivity contribution in [3.8, 4) is 0 Å². The quantitative estimate of drug-likeness (QED) is 0.638. The highest BCUT2D eigenvalue weighted by Crippen LogP contribution is 2.30. The molecule has 0 saturated heterocycles. The van der Waals surface area contributed by atoms with Gasteiger partial charge in [-0.25, -0.2) is 13.2 Å². The number of anilines is 2. The van der Waals surface area contributed by atoms with Gasteiger partial charge in [-0.15, -0.1) is 0 Å². The maximum Gasteiger partial charge on any atom is 0.328 e. The van der Waals surface area contributed by atoms with Crippen LogP contribution < -0.4 is 15.3 Å². The Morgan fingerprint density at radius 3 is 2.34 bits per heavy atom. The molecule has 0 fully saturated rings. The van der Waals surface area contributed by atoms with E-state index in [2.05, 4.69) is 5.32 Å². The van der Waals surface area contributed by atoms with Gasteiger partial charge >= 0.3 is 5.69 Å². The topological polar surface area (TPSA) is 93.4 Å². The Morgan fingerprint density at radius 1 is 1.07 bits per heavy atom. The van der Waals surface area contributed by atoms with Crippen molar-refractivity contribution in [3.63, 3.8) is 0 Å². The Hall–Kier alpha value is -2.49. The summed E-state index contributed by atoms with van der Waals surface area (Å²) in [6.07, 6.45) is 0.983. The SMILES string of the molecule is Cn1c(=O)n(C)c2cc(NC(=O)CN(c3ccc(Cl)cc3Cl)S(C)(=O)=O)ccc21. The van der Waals surface area contributed by atoms with Crippen molar-refractivity contribution in [3.05, 3.63) is 56.9 Å². The average Bonchev–Trinajstić information content (AvgIpc) is 2.83. The maximum atomic E-state index is 12.6. The lowest BCUT2D eigenvalue weighted by Gasteiger charge is -2.23. The summed E-state index contributed by atoms with van der Waals surface area (Å²) in [4.78, 5) is 24.6. The first-order valence-electron chi connectivity index (χ1n) is 8.37. The van der Waals surface area contributed by atoms with Crippen LogP contribution in [0.15, 0.2) is 41.2 Å². The summed E-state index contributed by atoms with van der Waals surface area (Å²) in [7, 11) is -0.503. The number of hydrogen-bond acceptors (Lipinski definition) is 4. The molecule has 0 spiro atoms. The minimum Gasteiger partial charge on any atom is -0.324 e. The molecule has 154 valence electrons. The number of nitrogens with zero attached hydrogens (tertiary/aromatic N) is 3. The van der Waals surface area contributed by atoms with Crippen molar-refractivity contribution in [2.45, 2.75) is 0 Å². The molecule has 0 aliphatic carbocycles. The smallest absolute Gasteiger partial charge is 0.324 e. The monoisotopic (exact) mass is 456 g/mol. The van der Waals surface area contributed by atoms with Gasteiger partial charge in [0.2, 0.25) is 15.9 Å². The van der Waals surface area contributed by atoms with Crippen LogP contribution in [-0.2, 0) is 28.9 Å². The molecule has 11 heteroatoms. The molecule has 0 radical (unpaired) electrons. The van der Waals surface area contributed by atoms with Crippen molar-refractivity contribution in [1.82, 2.24) is 9.13 Å². The highest BCUT2D eigenvalue weighted by atomic mass is 35.5. The lowest BCUT2D eigenvalue weighted by Crippen LogP contribution is -2.37. The molecule has 29 heavy (non-hydrogen) atoms. The van der Waals surface area contributed by atoms with Crippen molar-refractivity contribution in [2.75, 3.05) is 22.4 Å². The lowest BCUT2D eigenvalue weighted by atomic mass is 10.2. The van der Waals surface area contributed by atoms with E-state index >= 15 is 0 Å². The van der Waals surface area contributed by atoms with Crippen LogP contribution in [0.5, 0.6) is 0 Å². The average molecular weight is 457 g/mol. The van der Waals surface area contributed by atoms with E-state index in [4.69, 9.17) is 23.2 Å². The number of halogens is 2. The second kappa shape index (κ2) is 7.74. The van der Waals surface area contributed by atoms with Gasteiger partial charge in [0.05, 0.1) is 28.0 Å². The van der Waals surface area contributed by atoms with E-state index in [1.807, 2.05) is 0 Å². The summed E-state index contributed by atoms with van der Waals surface area (Å²) in [5.41, 5.74) is 1.73. The number of amides is 1. The van der Waals surface area contributed by atoms with Gasteiger partial charge in [0.25, 0.3) is 0 Å². The predicted molar refractivity (Wildman–Crippen MR) is 115 cm³/mol. The van der Waals surface area contributed by atoms with Gasteiger partial charge in [0.15, 0.2) is 0 Å². The number of sulfonamides is 1. The zero-order valence-corrected chi connectivity index (χ0v) is 18.1. The molecule has 1 aromatic heterocycles. The number of carbonyl (C=O) groups excluding carboxylic acids is 1. The van der Waals surface area contributed by atoms with Gasteiger partial charge in [-0.1, -0.05) is 23.2 Å². The summed E-state index contributed by atoms with van der Waals surface area (Å²) >= 11 is 12.0. The van der Waals surface area contributed by atoms with Crippen molar-refractivity contribution >= 4 is 61.5 Å². The molecule has 0 aliphatic heterocycles. The van der Waals surface area contributed by atoms with Gasteiger partial charge in [0, 0.05) is 24.8 Å². The van der Waals surface area contributed by atoms with E-state index in [-0.39, 0.29) is 16.4 Å². The Kier molecular flexibility index (Phi) is 5.66. The van der Waals surface area contributed by atoms with E-state index in [1.54, 1.807) is 32.3 Å². The van der Waals surface area contributed by atoms with Crippen LogP contribution in [0.25, 0.3) is 11.0 Å². The molecule has 0 unspecified atom stereocenters. The van der Waals surface area contributed by atoms with Crippen LogP contribution in [0, 0.1) is 0 Å². The molecule has 1 N–H and O–H groups in total. The first-order chi connectivity index (χ1) is 13.5. The summed E-state index contributed by atoms with van der Waals surface area (Å²) in [6.45, 7) is -0.480. The van der Waals surface area contributed by atoms with Crippen molar-refractivity contribution in [2.24, 2.45) is 14.1 Å². The number of imidazole rings is 1. The zero-order chi connectivity index (χ0) is 21.5. The number of rotatable bonds is 5. The summed E-state index contributed by atoms with van der Waals surface area (Å²) < 4.78 is 28.3. The van der Waals surface area contributed by atoms with E-state index in [9.17, 15) is 18.0 Å². The van der Waals surface area contributed by atoms with Crippen molar-refractivity contribution in [1.29, 1.82) is 0 Å². The predicted octanol–water partition coefficient (Wildman–Crippen LogP) is 2.59. The Balaban J connectivity index is 1.88. The number of aromatic nitrogens is 2. The lowest BCUT2D eigenvalue weighted by molar-refractivity contribution is -0.114. The third-order valence-corrected chi connectivity index (χ3v) is 6.09. The van der Waals surface area contributed by atoms with Crippen LogP contribution in [0.1, 0.15) is 0 Å². The van der Waals surface area contributed by atoms with Gasteiger partial charge in [0.1, 0.15) is 6.54 Å². The number of fused-ring (bicyclic) bond motifs is 1. The second-order valence-electron chi connectivity index (χ2n) is 6.52. The molecule has 0 atom stereocenters. The van der Waals surface area contributed by atoms with Crippen molar-refractivity contribution < 1.29 is 13.2 Å². The minimum atomic E-state index is -3.79. The Bertz CT molecular complexity index is 1280. The molecule has 0 saturated carbocycles. The van der Waals surface area contributed by atoms with Crippen LogP contribution in [0.2, 0.25) is 10.0 Å². The molecule has 3 rings (SSSR count). The van der Waals surface area contributed by atoms with E-state index < -0.39 is 22.5 Å². The van der Waals surface area contributed by atoms with Crippen LogP contribution in [0.4, 0.5) is 11.4 Å². The highest BCUT2D eigenvalue weighted by Gasteiger charge is 2.23. The Morgan fingerprint density at radius 2 is 1.72 bits per heavy atom. The number of carbonyl (C=O) groups is 1. The molecule has 3 aromatic rings. The minimum absolute atomic E-state index is 0.108. The summed E-state index contributed by atoms with van der Waals surface area (Å²) in [6, 6.07) is 9.32. The largest absolute Gasteiger partial charge is 0.328 e. The van der Waals surface area contributed by atoms with Crippen LogP contribution in [0.3, 0.4) is 0 Å².